The number of carbonyl (C=O) groups excluding carboxylic acids is 2. The Hall–Kier alpha value is -3.02. The van der Waals surface area contributed by atoms with Crippen molar-refractivity contribution in [2.24, 2.45) is 0 Å². The Balaban J connectivity index is 1.16. The fraction of sp³-hybridized carbons (Fsp3) is 0.333. The van der Waals surface area contributed by atoms with Crippen LogP contribution in [-0.2, 0) is 22.7 Å². The molecule has 0 aliphatic heterocycles. The fourth-order valence-corrected chi connectivity index (χ4v) is 4.00. The summed E-state index contributed by atoms with van der Waals surface area (Å²) in [6, 6.07) is 19.1. The third-order valence-electron chi connectivity index (χ3n) is 5.19. The second-order valence-corrected chi connectivity index (χ2v) is 7.46. The number of hydrogen-bond donors (Lipinski definition) is 2. The number of benzene rings is 2. The average Bonchev–Trinajstić information content (AvgIpc) is 2.64. The van der Waals surface area contributed by atoms with Gasteiger partial charge in [0.2, 0.25) is 0 Å². The van der Waals surface area contributed by atoms with E-state index in [0.717, 1.165) is 11.1 Å². The van der Waals surface area contributed by atoms with Crippen molar-refractivity contribution >= 4 is 12.2 Å². The van der Waals surface area contributed by atoms with Crippen LogP contribution in [0.4, 0.5) is 9.59 Å². The molecule has 3 aliphatic rings. The van der Waals surface area contributed by atoms with Gasteiger partial charge in [-0.3, -0.25) is 0 Å². The first kappa shape index (κ1) is 17.4. The third kappa shape index (κ3) is 3.89. The minimum atomic E-state index is -0.418. The number of alkyl carbamates (subject to hydrolysis) is 2. The first-order chi connectivity index (χ1) is 13.1. The molecule has 3 fully saturated rings. The minimum absolute atomic E-state index is 0.248. The fourth-order valence-electron chi connectivity index (χ4n) is 4.00. The second-order valence-electron chi connectivity index (χ2n) is 7.46. The van der Waals surface area contributed by atoms with E-state index in [1.807, 2.05) is 60.7 Å². The molecule has 0 atom stereocenters. The minimum Gasteiger partial charge on any atom is -0.445 e. The molecule has 2 amide bonds. The van der Waals surface area contributed by atoms with Gasteiger partial charge in [0.15, 0.2) is 0 Å². The smallest absolute Gasteiger partial charge is 0.407 e. The third-order valence-corrected chi connectivity index (χ3v) is 5.19. The summed E-state index contributed by atoms with van der Waals surface area (Å²) in [4.78, 5) is 24.0. The maximum Gasteiger partial charge on any atom is 0.407 e. The maximum atomic E-state index is 12.0. The molecule has 0 heterocycles. The highest BCUT2D eigenvalue weighted by Crippen LogP contribution is 2.60. The largest absolute Gasteiger partial charge is 0.445 e. The highest BCUT2D eigenvalue weighted by atomic mass is 16.6. The van der Waals surface area contributed by atoms with E-state index in [1.54, 1.807) is 0 Å². The number of rotatable bonds is 6. The molecule has 2 bridgehead atoms. The normalized spacial score (nSPS) is 24.7. The topological polar surface area (TPSA) is 76.7 Å². The molecule has 0 spiro atoms. The van der Waals surface area contributed by atoms with E-state index in [1.165, 1.54) is 0 Å². The highest BCUT2D eigenvalue weighted by Gasteiger charge is 2.69. The Morgan fingerprint density at radius 1 is 0.704 bits per heavy atom. The lowest BCUT2D eigenvalue weighted by molar-refractivity contribution is -0.0968. The summed E-state index contributed by atoms with van der Waals surface area (Å²) in [6.07, 6.45) is 1.29. The standard InChI is InChI=1S/C21H22N2O4/c24-18(26-11-16-7-3-1-4-8-16)22-20-13-21(14-20,15-20)23-19(25)27-12-17-9-5-2-6-10-17/h1-10H,11-15H2,(H,22,24)(H,23,25). The van der Waals surface area contributed by atoms with E-state index in [2.05, 4.69) is 10.6 Å². The van der Waals surface area contributed by atoms with Gasteiger partial charge in [-0.05, 0) is 30.4 Å². The van der Waals surface area contributed by atoms with Crippen LogP contribution in [0.2, 0.25) is 0 Å². The molecule has 0 unspecified atom stereocenters. The SMILES string of the molecule is O=C(NC12CC(NC(=O)OCc3ccccc3)(C1)C2)OCc1ccccc1. The highest BCUT2D eigenvalue weighted by molar-refractivity contribution is 5.72. The van der Waals surface area contributed by atoms with Crippen molar-refractivity contribution in [1.82, 2.24) is 10.6 Å². The van der Waals surface area contributed by atoms with E-state index in [4.69, 9.17) is 9.47 Å². The van der Waals surface area contributed by atoms with Crippen LogP contribution in [-0.4, -0.2) is 23.3 Å². The first-order valence-corrected chi connectivity index (χ1v) is 9.04. The van der Waals surface area contributed by atoms with Crippen LogP contribution in [0.15, 0.2) is 60.7 Å². The Kier molecular flexibility index (Phi) is 4.48. The van der Waals surface area contributed by atoms with Crippen LogP contribution in [0.3, 0.4) is 0 Å². The number of ether oxygens (including phenoxy) is 2. The molecule has 2 aromatic carbocycles. The van der Waals surface area contributed by atoms with Gasteiger partial charge in [-0.1, -0.05) is 60.7 Å². The van der Waals surface area contributed by atoms with Crippen molar-refractivity contribution in [3.05, 3.63) is 71.8 Å². The molecule has 140 valence electrons. The lowest BCUT2D eigenvalue weighted by atomic mass is 9.44. The van der Waals surface area contributed by atoms with Crippen LogP contribution >= 0.6 is 0 Å². The van der Waals surface area contributed by atoms with Gasteiger partial charge in [0, 0.05) is 0 Å². The maximum absolute atomic E-state index is 12.0. The monoisotopic (exact) mass is 366 g/mol. The number of hydrogen-bond acceptors (Lipinski definition) is 4. The van der Waals surface area contributed by atoms with Gasteiger partial charge < -0.3 is 20.1 Å². The molecule has 27 heavy (non-hydrogen) atoms. The first-order valence-electron chi connectivity index (χ1n) is 9.04. The molecule has 2 N–H and O–H groups in total. The number of nitrogens with one attached hydrogen (secondary N) is 2. The van der Waals surface area contributed by atoms with Crippen LogP contribution in [0.25, 0.3) is 0 Å². The van der Waals surface area contributed by atoms with Crippen molar-refractivity contribution in [1.29, 1.82) is 0 Å². The predicted octanol–water partition coefficient (Wildman–Crippen LogP) is 3.51. The molecule has 3 saturated carbocycles. The summed E-state index contributed by atoms with van der Waals surface area (Å²) in [5.41, 5.74) is 1.40. The van der Waals surface area contributed by atoms with Crippen LogP contribution < -0.4 is 10.6 Å². The van der Waals surface area contributed by atoms with E-state index >= 15 is 0 Å². The summed E-state index contributed by atoms with van der Waals surface area (Å²) in [5.74, 6) is 0. The van der Waals surface area contributed by atoms with Crippen LogP contribution in [0, 0.1) is 0 Å². The number of amides is 2. The van der Waals surface area contributed by atoms with Gasteiger partial charge in [-0.2, -0.15) is 0 Å². The van der Waals surface area contributed by atoms with Crippen molar-refractivity contribution in [2.45, 2.75) is 43.6 Å². The molecule has 0 saturated heterocycles. The Bertz CT molecular complexity index is 735. The van der Waals surface area contributed by atoms with Crippen LogP contribution in [0.5, 0.6) is 0 Å². The Morgan fingerprint density at radius 2 is 1.07 bits per heavy atom. The summed E-state index contributed by atoms with van der Waals surface area (Å²) < 4.78 is 10.5. The molecule has 6 nitrogen and oxygen atoms in total. The zero-order chi connectivity index (χ0) is 18.7. The van der Waals surface area contributed by atoms with E-state index in [9.17, 15) is 9.59 Å². The predicted molar refractivity (Wildman–Crippen MR) is 98.8 cm³/mol. The lowest BCUT2D eigenvalue weighted by Crippen LogP contribution is -2.83. The van der Waals surface area contributed by atoms with Crippen molar-refractivity contribution in [3.8, 4) is 0 Å². The van der Waals surface area contributed by atoms with Gasteiger partial charge in [0.1, 0.15) is 13.2 Å². The number of carbonyl (C=O) groups is 2. The molecule has 0 radical (unpaired) electrons. The van der Waals surface area contributed by atoms with Gasteiger partial charge >= 0.3 is 12.2 Å². The summed E-state index contributed by atoms with van der Waals surface area (Å²) in [7, 11) is 0. The summed E-state index contributed by atoms with van der Waals surface area (Å²) >= 11 is 0. The zero-order valence-corrected chi connectivity index (χ0v) is 14.9. The van der Waals surface area contributed by atoms with E-state index in [-0.39, 0.29) is 24.3 Å². The van der Waals surface area contributed by atoms with Gasteiger partial charge in [0.05, 0.1) is 11.1 Å². The van der Waals surface area contributed by atoms with Gasteiger partial charge in [-0.15, -0.1) is 0 Å². The van der Waals surface area contributed by atoms with Crippen molar-refractivity contribution in [3.63, 3.8) is 0 Å². The molecule has 5 rings (SSSR count). The molecule has 2 aromatic rings. The second kappa shape index (κ2) is 6.95. The molecular weight excluding hydrogens is 344 g/mol. The van der Waals surface area contributed by atoms with Crippen molar-refractivity contribution < 1.29 is 19.1 Å². The summed E-state index contributed by atoms with van der Waals surface area (Å²) in [6.45, 7) is 0.496. The van der Waals surface area contributed by atoms with Gasteiger partial charge in [-0.25, -0.2) is 9.59 Å². The lowest BCUT2D eigenvalue weighted by Gasteiger charge is -2.69. The summed E-state index contributed by atoms with van der Waals surface area (Å²) in [5, 5.41) is 5.86. The Labute approximate surface area is 157 Å². The van der Waals surface area contributed by atoms with E-state index in [0.29, 0.717) is 19.3 Å². The molecular formula is C21H22N2O4. The quantitative estimate of drug-likeness (QED) is 0.820. The van der Waals surface area contributed by atoms with Gasteiger partial charge in [0.25, 0.3) is 0 Å². The Morgan fingerprint density at radius 3 is 1.44 bits per heavy atom. The average molecular weight is 366 g/mol. The zero-order valence-electron chi connectivity index (χ0n) is 14.9. The molecule has 0 aromatic heterocycles. The molecule has 6 heteroatoms. The van der Waals surface area contributed by atoms with Crippen molar-refractivity contribution in [2.75, 3.05) is 0 Å². The van der Waals surface area contributed by atoms with Crippen LogP contribution in [0.1, 0.15) is 30.4 Å². The van der Waals surface area contributed by atoms with E-state index < -0.39 is 12.2 Å². The molecule has 3 aliphatic carbocycles.